The summed E-state index contributed by atoms with van der Waals surface area (Å²) < 4.78 is 25.9. The Labute approximate surface area is 259 Å². The van der Waals surface area contributed by atoms with Crippen molar-refractivity contribution in [2.45, 2.75) is 31.0 Å². The number of nitrogens with one attached hydrogen (secondary N) is 2. The number of nitrogens with zero attached hydrogens (tertiary/aromatic N) is 1. The van der Waals surface area contributed by atoms with Crippen LogP contribution in [0.1, 0.15) is 34.8 Å². The molecular formula is C33H30Cl2FN3O4. The van der Waals surface area contributed by atoms with E-state index in [1.165, 1.54) is 12.1 Å². The van der Waals surface area contributed by atoms with Gasteiger partial charge in [0.05, 0.1) is 6.61 Å². The van der Waals surface area contributed by atoms with E-state index in [2.05, 4.69) is 10.9 Å². The lowest BCUT2D eigenvalue weighted by molar-refractivity contribution is -0.130. The number of aliphatic hydroxyl groups excluding tert-OH is 1. The summed E-state index contributed by atoms with van der Waals surface area (Å²) in [6, 6.07) is 27.8. The molecule has 4 aromatic carbocycles. The Morgan fingerprint density at radius 2 is 1.74 bits per heavy atom. The molecule has 43 heavy (non-hydrogen) atoms. The number of amides is 1. The molecule has 1 aliphatic heterocycles. The Kier molecular flexibility index (Phi) is 9.94. The molecule has 3 N–H and O–H groups in total. The van der Waals surface area contributed by atoms with Crippen molar-refractivity contribution < 1.29 is 23.8 Å². The normalized spacial score (nSPS) is 17.7. The predicted molar refractivity (Wildman–Crippen MR) is 165 cm³/mol. The standard InChI is InChI=1S/C33H30Cl2FN3O4/c34-25-12-15-28(29(35)19-25)30-33(20-22-6-2-1-3-7-22,32(41)39-37-21-23-8-4-9-26(36)18-23)38-31(43-30)24-10-13-27(14-11-24)42-17-5-16-40/h1-4,6-15,18-19,30,37,40H,5,16-17,20-21H2,(H,39,41)/t30-,33-/m0/s1. The first-order valence-corrected chi connectivity index (χ1v) is 14.5. The summed E-state index contributed by atoms with van der Waals surface area (Å²) in [5.74, 6) is 0.0617. The maximum Gasteiger partial charge on any atom is 0.266 e. The van der Waals surface area contributed by atoms with Gasteiger partial charge < -0.3 is 14.6 Å². The van der Waals surface area contributed by atoms with Crippen LogP contribution in [0.15, 0.2) is 102 Å². The number of hydrogen-bond donors (Lipinski definition) is 3. The van der Waals surface area contributed by atoms with Crippen LogP contribution in [0.2, 0.25) is 10.0 Å². The van der Waals surface area contributed by atoms with Gasteiger partial charge in [-0.2, -0.15) is 0 Å². The Morgan fingerprint density at radius 1 is 0.977 bits per heavy atom. The quantitative estimate of drug-likeness (QED) is 0.129. The first-order chi connectivity index (χ1) is 20.9. The topological polar surface area (TPSA) is 92.2 Å². The van der Waals surface area contributed by atoms with Crippen LogP contribution in [-0.2, 0) is 22.5 Å². The molecule has 0 saturated carbocycles. The summed E-state index contributed by atoms with van der Waals surface area (Å²) in [5, 5.41) is 9.80. The van der Waals surface area contributed by atoms with E-state index in [-0.39, 0.29) is 31.3 Å². The molecule has 222 valence electrons. The molecule has 0 aromatic heterocycles. The number of carbonyl (C=O) groups excluding carboxylic acids is 1. The van der Waals surface area contributed by atoms with E-state index >= 15 is 0 Å². The third-order valence-electron chi connectivity index (χ3n) is 6.97. The van der Waals surface area contributed by atoms with Crippen LogP contribution < -0.4 is 15.6 Å². The Morgan fingerprint density at radius 3 is 2.47 bits per heavy atom. The molecule has 0 aliphatic carbocycles. The molecule has 5 rings (SSSR count). The van der Waals surface area contributed by atoms with E-state index in [9.17, 15) is 9.18 Å². The zero-order valence-electron chi connectivity index (χ0n) is 23.1. The molecule has 0 spiro atoms. The maximum absolute atomic E-state index is 14.2. The van der Waals surface area contributed by atoms with Crippen LogP contribution >= 0.6 is 23.2 Å². The molecule has 2 atom stereocenters. The lowest BCUT2D eigenvalue weighted by Crippen LogP contribution is -2.53. The average molecular weight is 623 g/mol. The summed E-state index contributed by atoms with van der Waals surface area (Å²) >= 11 is 12.9. The Hall–Kier alpha value is -3.95. The van der Waals surface area contributed by atoms with E-state index in [1.54, 1.807) is 54.6 Å². The van der Waals surface area contributed by atoms with Crippen LogP contribution in [0, 0.1) is 5.82 Å². The second-order valence-corrected chi connectivity index (χ2v) is 10.9. The smallest absolute Gasteiger partial charge is 0.266 e. The number of halogens is 3. The predicted octanol–water partition coefficient (Wildman–Crippen LogP) is 6.21. The van der Waals surface area contributed by atoms with E-state index in [4.69, 9.17) is 42.8 Å². The zero-order chi connectivity index (χ0) is 30.2. The number of aliphatic hydroxyl groups is 1. The molecule has 4 aromatic rings. The fraction of sp³-hybridized carbons (Fsp3) is 0.212. The minimum Gasteiger partial charge on any atom is -0.494 e. The molecule has 0 saturated heterocycles. The fourth-order valence-corrected chi connectivity index (χ4v) is 5.37. The first-order valence-electron chi connectivity index (χ1n) is 13.8. The lowest BCUT2D eigenvalue weighted by Gasteiger charge is -2.31. The second kappa shape index (κ2) is 14.0. The highest BCUT2D eigenvalue weighted by Crippen LogP contribution is 2.45. The molecule has 10 heteroatoms. The van der Waals surface area contributed by atoms with Crippen molar-refractivity contribution in [1.29, 1.82) is 0 Å². The monoisotopic (exact) mass is 621 g/mol. The van der Waals surface area contributed by atoms with Gasteiger partial charge in [0, 0.05) is 47.2 Å². The molecule has 0 radical (unpaired) electrons. The zero-order valence-corrected chi connectivity index (χ0v) is 24.6. The highest BCUT2D eigenvalue weighted by Gasteiger charge is 2.54. The van der Waals surface area contributed by atoms with Crippen LogP contribution in [0.25, 0.3) is 0 Å². The largest absolute Gasteiger partial charge is 0.494 e. The van der Waals surface area contributed by atoms with Gasteiger partial charge in [-0.25, -0.2) is 14.8 Å². The number of rotatable bonds is 12. The van der Waals surface area contributed by atoms with Crippen molar-refractivity contribution in [2.24, 2.45) is 4.99 Å². The maximum atomic E-state index is 14.2. The Bertz CT molecular complexity index is 1590. The molecule has 0 bridgehead atoms. The third-order valence-corrected chi connectivity index (χ3v) is 7.54. The van der Waals surface area contributed by atoms with Crippen LogP contribution in [0.4, 0.5) is 4.39 Å². The van der Waals surface area contributed by atoms with Gasteiger partial charge in [-0.15, -0.1) is 0 Å². The first kappa shape index (κ1) is 30.5. The molecule has 1 heterocycles. The minimum absolute atomic E-state index is 0.0417. The highest BCUT2D eigenvalue weighted by molar-refractivity contribution is 6.35. The highest BCUT2D eigenvalue weighted by atomic mass is 35.5. The summed E-state index contributed by atoms with van der Waals surface area (Å²) in [4.78, 5) is 19.2. The number of aliphatic imine (C=N–C) groups is 1. The molecule has 1 aliphatic rings. The number of benzene rings is 4. The molecule has 7 nitrogen and oxygen atoms in total. The van der Waals surface area contributed by atoms with Gasteiger partial charge >= 0.3 is 0 Å². The van der Waals surface area contributed by atoms with E-state index in [1.807, 2.05) is 30.3 Å². The van der Waals surface area contributed by atoms with Gasteiger partial charge in [0.1, 0.15) is 11.6 Å². The fourth-order valence-electron chi connectivity index (χ4n) is 4.86. The van der Waals surface area contributed by atoms with Gasteiger partial charge in [-0.1, -0.05) is 71.7 Å². The van der Waals surface area contributed by atoms with E-state index < -0.39 is 17.6 Å². The van der Waals surface area contributed by atoms with Crippen LogP contribution in [-0.4, -0.2) is 35.7 Å². The summed E-state index contributed by atoms with van der Waals surface area (Å²) in [6.45, 7) is 0.611. The summed E-state index contributed by atoms with van der Waals surface area (Å²) in [5.41, 5.74) is 6.92. The van der Waals surface area contributed by atoms with Crippen molar-refractivity contribution in [2.75, 3.05) is 13.2 Å². The number of hydrazine groups is 1. The van der Waals surface area contributed by atoms with Gasteiger partial charge in [-0.3, -0.25) is 10.2 Å². The number of ether oxygens (including phenoxy) is 2. The van der Waals surface area contributed by atoms with Crippen molar-refractivity contribution in [3.8, 4) is 5.75 Å². The van der Waals surface area contributed by atoms with E-state index in [0.29, 0.717) is 45.5 Å². The van der Waals surface area contributed by atoms with Crippen LogP contribution in [0.3, 0.4) is 0 Å². The van der Waals surface area contributed by atoms with Gasteiger partial charge in [-0.05, 0) is 59.7 Å². The van der Waals surface area contributed by atoms with Gasteiger partial charge in [0.2, 0.25) is 5.90 Å². The summed E-state index contributed by atoms with van der Waals surface area (Å²) in [7, 11) is 0. The lowest BCUT2D eigenvalue weighted by atomic mass is 9.82. The average Bonchev–Trinajstić information content (AvgIpc) is 3.38. The molecular weight excluding hydrogens is 592 g/mol. The SMILES string of the molecule is O=C(NNCc1cccc(F)c1)[C@@]1(Cc2ccccc2)N=C(c2ccc(OCCCO)cc2)O[C@H]1c1ccc(Cl)cc1Cl. The van der Waals surface area contributed by atoms with Gasteiger partial charge in [0.25, 0.3) is 5.91 Å². The van der Waals surface area contributed by atoms with Crippen molar-refractivity contribution >= 4 is 35.0 Å². The molecule has 0 unspecified atom stereocenters. The summed E-state index contributed by atoms with van der Waals surface area (Å²) in [6.07, 6.45) is -0.202. The second-order valence-electron chi connectivity index (χ2n) is 10.1. The van der Waals surface area contributed by atoms with Gasteiger partial charge in [0.15, 0.2) is 11.6 Å². The third kappa shape index (κ3) is 7.35. The number of hydrogen-bond acceptors (Lipinski definition) is 6. The molecule has 1 amide bonds. The van der Waals surface area contributed by atoms with Crippen molar-refractivity contribution in [3.63, 3.8) is 0 Å². The Balaban J connectivity index is 1.52. The van der Waals surface area contributed by atoms with Crippen molar-refractivity contribution in [3.05, 3.63) is 135 Å². The molecule has 0 fully saturated rings. The number of carbonyl (C=O) groups is 1. The van der Waals surface area contributed by atoms with E-state index in [0.717, 1.165) is 5.56 Å². The minimum atomic E-state index is -1.49. The van der Waals surface area contributed by atoms with Crippen LogP contribution in [0.5, 0.6) is 5.75 Å². The van der Waals surface area contributed by atoms with Crippen molar-refractivity contribution in [1.82, 2.24) is 10.9 Å².